The molecule has 108 valence electrons. The molecule has 1 rings (SSSR count). The van der Waals surface area contributed by atoms with Crippen molar-refractivity contribution in [2.45, 2.75) is 33.2 Å². The van der Waals surface area contributed by atoms with Crippen LogP contribution in [0, 0.1) is 12.3 Å². The van der Waals surface area contributed by atoms with E-state index < -0.39 is 0 Å². The van der Waals surface area contributed by atoms with E-state index >= 15 is 0 Å². The van der Waals surface area contributed by atoms with Gasteiger partial charge in [0.1, 0.15) is 0 Å². The van der Waals surface area contributed by atoms with Gasteiger partial charge in [0.2, 0.25) is 0 Å². The van der Waals surface area contributed by atoms with Crippen LogP contribution in [-0.4, -0.2) is 20.8 Å². The molecule has 1 unspecified atom stereocenters. The number of ether oxygens (including phenoxy) is 2. The van der Waals surface area contributed by atoms with Gasteiger partial charge in [0.05, 0.1) is 14.2 Å². The smallest absolute Gasteiger partial charge is 0.161 e. The van der Waals surface area contributed by atoms with Crippen LogP contribution in [0.25, 0.3) is 0 Å². The van der Waals surface area contributed by atoms with Crippen LogP contribution in [-0.2, 0) is 0 Å². The summed E-state index contributed by atoms with van der Waals surface area (Å²) in [5.41, 5.74) is 14.2. The zero-order valence-corrected chi connectivity index (χ0v) is 12.6. The third-order valence-electron chi connectivity index (χ3n) is 3.74. The summed E-state index contributed by atoms with van der Waals surface area (Å²) in [4.78, 5) is 0. The van der Waals surface area contributed by atoms with E-state index in [9.17, 15) is 0 Å². The maximum absolute atomic E-state index is 6.42. The van der Waals surface area contributed by atoms with Gasteiger partial charge >= 0.3 is 0 Å². The van der Waals surface area contributed by atoms with Gasteiger partial charge in [-0.3, -0.25) is 0 Å². The molecule has 0 radical (unpaired) electrons. The summed E-state index contributed by atoms with van der Waals surface area (Å²) >= 11 is 0. The minimum Gasteiger partial charge on any atom is -0.493 e. The molecule has 0 aromatic heterocycles. The largest absolute Gasteiger partial charge is 0.493 e. The molecule has 0 heterocycles. The fraction of sp³-hybridized carbons (Fsp3) is 0.600. The molecule has 19 heavy (non-hydrogen) atoms. The van der Waals surface area contributed by atoms with Gasteiger partial charge in [-0.25, -0.2) is 0 Å². The zero-order valence-electron chi connectivity index (χ0n) is 12.6. The molecule has 0 aliphatic rings. The number of benzene rings is 1. The van der Waals surface area contributed by atoms with Gasteiger partial charge in [-0.2, -0.15) is 0 Å². The Kier molecular flexibility index (Phi) is 5.20. The van der Waals surface area contributed by atoms with Crippen LogP contribution in [0.2, 0.25) is 0 Å². The fourth-order valence-corrected chi connectivity index (χ4v) is 2.28. The molecule has 0 bridgehead atoms. The second kappa shape index (κ2) is 6.26. The Labute approximate surface area is 116 Å². The van der Waals surface area contributed by atoms with Crippen LogP contribution in [0.15, 0.2) is 12.1 Å². The summed E-state index contributed by atoms with van der Waals surface area (Å²) in [5, 5.41) is 0. The van der Waals surface area contributed by atoms with Gasteiger partial charge in [0.25, 0.3) is 0 Å². The first-order valence-electron chi connectivity index (χ1n) is 6.55. The predicted molar refractivity (Wildman–Crippen MR) is 78.7 cm³/mol. The highest BCUT2D eigenvalue weighted by atomic mass is 16.5. The number of hydrogen-bond donors (Lipinski definition) is 2. The average molecular weight is 266 g/mol. The molecule has 0 saturated heterocycles. The maximum Gasteiger partial charge on any atom is 0.161 e. The number of hydrogen-bond acceptors (Lipinski definition) is 4. The Morgan fingerprint density at radius 1 is 1.16 bits per heavy atom. The Balaban J connectivity index is 3.20. The summed E-state index contributed by atoms with van der Waals surface area (Å²) in [6.07, 6.45) is 0.877. The molecule has 0 aliphatic carbocycles. The van der Waals surface area contributed by atoms with Gasteiger partial charge in [-0.05, 0) is 48.6 Å². The fourth-order valence-electron chi connectivity index (χ4n) is 2.28. The van der Waals surface area contributed by atoms with Crippen LogP contribution in [0.4, 0.5) is 0 Å². The first-order chi connectivity index (χ1) is 8.87. The van der Waals surface area contributed by atoms with E-state index in [4.69, 9.17) is 20.9 Å². The Hall–Kier alpha value is -1.26. The highest BCUT2D eigenvalue weighted by molar-refractivity contribution is 5.48. The third kappa shape index (κ3) is 3.39. The van der Waals surface area contributed by atoms with E-state index in [2.05, 4.69) is 13.8 Å². The molecule has 0 saturated carbocycles. The number of methoxy groups -OCH3 is 2. The van der Waals surface area contributed by atoms with Crippen molar-refractivity contribution in [2.24, 2.45) is 16.9 Å². The van der Waals surface area contributed by atoms with Crippen LogP contribution in [0.1, 0.15) is 37.4 Å². The highest BCUT2D eigenvalue weighted by Crippen LogP contribution is 2.39. The first-order valence-corrected chi connectivity index (χ1v) is 6.55. The lowest BCUT2D eigenvalue weighted by molar-refractivity contribution is 0.269. The quantitative estimate of drug-likeness (QED) is 0.829. The SMILES string of the molecule is COc1cc(C)c(C(N)C(C)(C)CCN)cc1OC. The maximum atomic E-state index is 6.42. The van der Waals surface area contributed by atoms with Crippen LogP contribution < -0.4 is 20.9 Å². The number of nitrogens with two attached hydrogens (primary N) is 2. The van der Waals surface area contributed by atoms with Crippen molar-refractivity contribution >= 4 is 0 Å². The van der Waals surface area contributed by atoms with Crippen molar-refractivity contribution in [3.63, 3.8) is 0 Å². The summed E-state index contributed by atoms with van der Waals surface area (Å²) < 4.78 is 10.6. The molecular weight excluding hydrogens is 240 g/mol. The van der Waals surface area contributed by atoms with E-state index in [1.807, 2.05) is 19.1 Å². The molecule has 1 atom stereocenters. The van der Waals surface area contributed by atoms with Gasteiger partial charge in [-0.15, -0.1) is 0 Å². The molecule has 1 aromatic carbocycles. The molecular formula is C15H26N2O2. The van der Waals surface area contributed by atoms with Crippen molar-refractivity contribution < 1.29 is 9.47 Å². The van der Waals surface area contributed by atoms with Gasteiger partial charge in [-0.1, -0.05) is 13.8 Å². The van der Waals surface area contributed by atoms with Gasteiger partial charge in [0.15, 0.2) is 11.5 Å². The molecule has 4 nitrogen and oxygen atoms in total. The summed E-state index contributed by atoms with van der Waals surface area (Å²) in [6.45, 7) is 6.95. The van der Waals surface area contributed by atoms with E-state index in [1.54, 1.807) is 14.2 Å². The van der Waals surface area contributed by atoms with E-state index in [1.165, 1.54) is 0 Å². The molecule has 0 aliphatic heterocycles. The van der Waals surface area contributed by atoms with Crippen LogP contribution in [0.3, 0.4) is 0 Å². The van der Waals surface area contributed by atoms with Crippen LogP contribution >= 0.6 is 0 Å². The highest BCUT2D eigenvalue weighted by Gasteiger charge is 2.28. The lowest BCUT2D eigenvalue weighted by atomic mass is 9.77. The lowest BCUT2D eigenvalue weighted by Crippen LogP contribution is -2.32. The van der Waals surface area contributed by atoms with E-state index in [-0.39, 0.29) is 11.5 Å². The monoisotopic (exact) mass is 266 g/mol. The minimum absolute atomic E-state index is 0.0564. The molecule has 0 spiro atoms. The van der Waals surface area contributed by atoms with E-state index in [0.717, 1.165) is 23.3 Å². The first kappa shape index (κ1) is 15.8. The Morgan fingerprint density at radius 3 is 2.16 bits per heavy atom. The van der Waals surface area contributed by atoms with Crippen molar-refractivity contribution in [2.75, 3.05) is 20.8 Å². The predicted octanol–water partition coefficient (Wildman–Crippen LogP) is 2.39. The normalized spacial score (nSPS) is 13.2. The average Bonchev–Trinajstić information content (AvgIpc) is 2.37. The standard InChI is InChI=1S/C15H26N2O2/c1-10-8-12(18-4)13(19-5)9-11(10)14(17)15(2,3)6-7-16/h8-9,14H,6-7,16-17H2,1-5H3. The van der Waals surface area contributed by atoms with Crippen LogP contribution in [0.5, 0.6) is 11.5 Å². The molecule has 4 N–H and O–H groups in total. The zero-order chi connectivity index (χ0) is 14.6. The topological polar surface area (TPSA) is 70.5 Å². The minimum atomic E-state index is -0.0872. The van der Waals surface area contributed by atoms with Crippen molar-refractivity contribution in [1.29, 1.82) is 0 Å². The second-order valence-electron chi connectivity index (χ2n) is 5.57. The molecule has 0 fully saturated rings. The summed E-state index contributed by atoms with van der Waals surface area (Å²) in [5.74, 6) is 1.44. The van der Waals surface area contributed by atoms with E-state index in [0.29, 0.717) is 12.3 Å². The molecule has 0 amide bonds. The lowest BCUT2D eigenvalue weighted by Gasteiger charge is -2.33. The molecule has 4 heteroatoms. The summed E-state index contributed by atoms with van der Waals surface area (Å²) in [7, 11) is 3.27. The Morgan fingerprint density at radius 2 is 1.68 bits per heavy atom. The number of aryl methyl sites for hydroxylation is 1. The Bertz CT molecular complexity index is 430. The van der Waals surface area contributed by atoms with Gasteiger partial charge < -0.3 is 20.9 Å². The van der Waals surface area contributed by atoms with Gasteiger partial charge in [0, 0.05) is 6.04 Å². The van der Waals surface area contributed by atoms with Crippen molar-refractivity contribution in [1.82, 2.24) is 0 Å². The van der Waals surface area contributed by atoms with Crippen molar-refractivity contribution in [3.8, 4) is 11.5 Å². The summed E-state index contributed by atoms with van der Waals surface area (Å²) in [6, 6.07) is 3.85. The molecule has 1 aromatic rings. The number of rotatable bonds is 6. The third-order valence-corrected chi connectivity index (χ3v) is 3.74. The second-order valence-corrected chi connectivity index (χ2v) is 5.57. The van der Waals surface area contributed by atoms with Crippen molar-refractivity contribution in [3.05, 3.63) is 23.3 Å².